The van der Waals surface area contributed by atoms with E-state index in [1.54, 1.807) is 12.1 Å². The van der Waals surface area contributed by atoms with Crippen LogP contribution < -0.4 is 9.64 Å². The predicted molar refractivity (Wildman–Crippen MR) is 72.2 cm³/mol. The Bertz CT molecular complexity index is 571. The third kappa shape index (κ3) is 2.20. The van der Waals surface area contributed by atoms with E-state index in [1.165, 1.54) is 12.1 Å². The van der Waals surface area contributed by atoms with Crippen molar-refractivity contribution in [2.45, 2.75) is 6.54 Å². The molecule has 1 heterocycles. The largest absolute Gasteiger partial charge is 0.473 e. The van der Waals surface area contributed by atoms with Gasteiger partial charge >= 0.3 is 0 Å². The molecule has 2 aromatic carbocycles. The van der Waals surface area contributed by atoms with Crippen LogP contribution >= 0.6 is 15.9 Å². The monoisotopic (exact) mass is 307 g/mol. The molecule has 0 radical (unpaired) electrons. The second-order valence-electron chi connectivity index (χ2n) is 4.20. The Hall–Kier alpha value is -1.55. The maximum atomic E-state index is 12.9. The fourth-order valence-corrected chi connectivity index (χ4v) is 2.44. The minimum atomic E-state index is -0.222. The fourth-order valence-electron chi connectivity index (χ4n) is 2.03. The number of halogens is 2. The highest BCUT2D eigenvalue weighted by Gasteiger charge is 2.17. The van der Waals surface area contributed by atoms with E-state index in [2.05, 4.69) is 20.8 Å². The highest BCUT2D eigenvalue weighted by atomic mass is 79.9. The van der Waals surface area contributed by atoms with Gasteiger partial charge in [-0.25, -0.2) is 4.39 Å². The van der Waals surface area contributed by atoms with E-state index in [9.17, 15) is 4.39 Å². The molecule has 92 valence electrons. The lowest BCUT2D eigenvalue weighted by molar-refractivity contribution is 0.289. The summed E-state index contributed by atoms with van der Waals surface area (Å²) in [6.07, 6.45) is 0. The molecule has 2 nitrogen and oxygen atoms in total. The molecular formula is C14H11BrFNO. The standard InChI is InChI=1S/C14H11BrFNO/c15-11-1-6-14-10(7-11)8-17(9-18-14)13-4-2-12(16)3-5-13/h1-7H,8-9H2. The average molecular weight is 308 g/mol. The van der Waals surface area contributed by atoms with E-state index in [-0.39, 0.29) is 5.82 Å². The summed E-state index contributed by atoms with van der Waals surface area (Å²) >= 11 is 3.45. The van der Waals surface area contributed by atoms with Gasteiger partial charge in [0.2, 0.25) is 0 Å². The quantitative estimate of drug-likeness (QED) is 0.791. The van der Waals surface area contributed by atoms with Crippen molar-refractivity contribution in [3.05, 3.63) is 58.3 Å². The van der Waals surface area contributed by atoms with Crippen LogP contribution in [0.5, 0.6) is 5.75 Å². The van der Waals surface area contributed by atoms with Gasteiger partial charge in [-0.2, -0.15) is 0 Å². The summed E-state index contributed by atoms with van der Waals surface area (Å²) < 4.78 is 19.6. The minimum Gasteiger partial charge on any atom is -0.473 e. The van der Waals surface area contributed by atoms with Crippen molar-refractivity contribution < 1.29 is 9.13 Å². The second kappa shape index (κ2) is 4.61. The van der Waals surface area contributed by atoms with Gasteiger partial charge in [0.1, 0.15) is 11.6 Å². The summed E-state index contributed by atoms with van der Waals surface area (Å²) in [6.45, 7) is 1.25. The molecule has 0 fully saturated rings. The van der Waals surface area contributed by atoms with Gasteiger partial charge in [0, 0.05) is 22.3 Å². The summed E-state index contributed by atoms with van der Waals surface area (Å²) in [6, 6.07) is 12.4. The third-order valence-electron chi connectivity index (χ3n) is 2.95. The van der Waals surface area contributed by atoms with Crippen molar-refractivity contribution in [3.8, 4) is 5.75 Å². The van der Waals surface area contributed by atoms with Gasteiger partial charge < -0.3 is 9.64 Å². The molecule has 3 rings (SSSR count). The zero-order valence-electron chi connectivity index (χ0n) is 9.57. The zero-order valence-corrected chi connectivity index (χ0v) is 11.2. The molecule has 0 spiro atoms. The first-order valence-electron chi connectivity index (χ1n) is 5.64. The molecule has 0 amide bonds. The molecule has 4 heteroatoms. The third-order valence-corrected chi connectivity index (χ3v) is 3.44. The number of hydrogen-bond donors (Lipinski definition) is 0. The van der Waals surface area contributed by atoms with Gasteiger partial charge in [-0.3, -0.25) is 0 Å². The highest BCUT2D eigenvalue weighted by molar-refractivity contribution is 9.10. The van der Waals surface area contributed by atoms with Crippen molar-refractivity contribution in [1.29, 1.82) is 0 Å². The van der Waals surface area contributed by atoms with Crippen LogP contribution in [-0.4, -0.2) is 6.73 Å². The molecule has 0 N–H and O–H groups in total. The van der Waals surface area contributed by atoms with E-state index < -0.39 is 0 Å². The normalized spacial score (nSPS) is 14.0. The number of nitrogens with zero attached hydrogens (tertiary/aromatic N) is 1. The number of fused-ring (bicyclic) bond motifs is 1. The topological polar surface area (TPSA) is 12.5 Å². The summed E-state index contributed by atoms with van der Waals surface area (Å²) in [4.78, 5) is 2.06. The van der Waals surface area contributed by atoms with Crippen molar-refractivity contribution in [3.63, 3.8) is 0 Å². The van der Waals surface area contributed by atoms with E-state index in [4.69, 9.17) is 4.74 Å². The van der Waals surface area contributed by atoms with Gasteiger partial charge in [0.25, 0.3) is 0 Å². The van der Waals surface area contributed by atoms with Gasteiger partial charge in [-0.15, -0.1) is 0 Å². The SMILES string of the molecule is Fc1ccc(N2COc3ccc(Br)cc3C2)cc1. The molecule has 0 saturated heterocycles. The Labute approximate surface area is 113 Å². The summed E-state index contributed by atoms with van der Waals surface area (Å²) in [5.74, 6) is 0.691. The molecule has 1 aliphatic rings. The van der Waals surface area contributed by atoms with E-state index in [0.717, 1.165) is 28.0 Å². The summed E-state index contributed by atoms with van der Waals surface area (Å²) in [5, 5.41) is 0. The Balaban J connectivity index is 1.88. The molecule has 0 bridgehead atoms. The van der Waals surface area contributed by atoms with E-state index in [1.807, 2.05) is 18.2 Å². The first-order valence-corrected chi connectivity index (χ1v) is 6.43. The predicted octanol–water partition coefficient (Wildman–Crippen LogP) is 3.94. The molecule has 0 aliphatic carbocycles. The van der Waals surface area contributed by atoms with Crippen molar-refractivity contribution >= 4 is 21.6 Å². The molecule has 1 aliphatic heterocycles. The van der Waals surface area contributed by atoms with E-state index >= 15 is 0 Å². The van der Waals surface area contributed by atoms with Crippen LogP contribution in [-0.2, 0) is 6.54 Å². The molecular weight excluding hydrogens is 297 g/mol. The molecule has 0 unspecified atom stereocenters. The highest BCUT2D eigenvalue weighted by Crippen LogP contribution is 2.30. The van der Waals surface area contributed by atoms with Crippen LogP contribution in [0.2, 0.25) is 0 Å². The Kier molecular flexibility index (Phi) is 2.96. The maximum Gasteiger partial charge on any atom is 0.161 e. The van der Waals surface area contributed by atoms with Gasteiger partial charge in [-0.05, 0) is 42.5 Å². The minimum absolute atomic E-state index is 0.222. The first-order chi connectivity index (χ1) is 8.72. The Morgan fingerprint density at radius 2 is 1.89 bits per heavy atom. The van der Waals surface area contributed by atoms with Crippen molar-refractivity contribution in [2.75, 3.05) is 11.6 Å². The molecule has 0 atom stereocenters. The number of anilines is 1. The van der Waals surface area contributed by atoms with Crippen LogP contribution in [0, 0.1) is 5.82 Å². The van der Waals surface area contributed by atoms with Gasteiger partial charge in [-0.1, -0.05) is 15.9 Å². The lowest BCUT2D eigenvalue weighted by atomic mass is 10.1. The average Bonchev–Trinajstić information content (AvgIpc) is 2.38. The first kappa shape index (κ1) is 11.5. The molecule has 0 saturated carbocycles. The maximum absolute atomic E-state index is 12.9. The zero-order chi connectivity index (χ0) is 12.5. The number of benzene rings is 2. The van der Waals surface area contributed by atoms with Crippen LogP contribution in [0.25, 0.3) is 0 Å². The smallest absolute Gasteiger partial charge is 0.161 e. The number of ether oxygens (including phenoxy) is 1. The fraction of sp³-hybridized carbons (Fsp3) is 0.143. The number of hydrogen-bond acceptors (Lipinski definition) is 2. The lowest BCUT2D eigenvalue weighted by Gasteiger charge is -2.30. The Morgan fingerprint density at radius 3 is 2.67 bits per heavy atom. The van der Waals surface area contributed by atoms with Crippen molar-refractivity contribution in [2.24, 2.45) is 0 Å². The molecule has 0 aromatic heterocycles. The van der Waals surface area contributed by atoms with Crippen molar-refractivity contribution in [1.82, 2.24) is 0 Å². The molecule has 2 aromatic rings. The number of rotatable bonds is 1. The summed E-state index contributed by atoms with van der Waals surface area (Å²) in [7, 11) is 0. The van der Waals surface area contributed by atoms with Gasteiger partial charge in [0.05, 0.1) is 0 Å². The Morgan fingerprint density at radius 1 is 1.11 bits per heavy atom. The van der Waals surface area contributed by atoms with Gasteiger partial charge in [0.15, 0.2) is 6.73 Å². The molecule has 18 heavy (non-hydrogen) atoms. The van der Waals surface area contributed by atoms with Crippen LogP contribution in [0.1, 0.15) is 5.56 Å². The van der Waals surface area contributed by atoms with Crippen LogP contribution in [0.3, 0.4) is 0 Å². The van der Waals surface area contributed by atoms with Crippen LogP contribution in [0.4, 0.5) is 10.1 Å². The van der Waals surface area contributed by atoms with E-state index in [0.29, 0.717) is 6.73 Å². The summed E-state index contributed by atoms with van der Waals surface area (Å²) in [5.41, 5.74) is 2.09. The lowest BCUT2D eigenvalue weighted by Crippen LogP contribution is -2.31. The second-order valence-corrected chi connectivity index (χ2v) is 5.12. The van der Waals surface area contributed by atoms with Crippen LogP contribution in [0.15, 0.2) is 46.9 Å².